The number of thiazole rings is 1. The van der Waals surface area contributed by atoms with Gasteiger partial charge in [0, 0.05) is 12.7 Å². The van der Waals surface area contributed by atoms with Crippen LogP contribution in [-0.4, -0.2) is 20.7 Å². The molecule has 0 aliphatic heterocycles. The summed E-state index contributed by atoms with van der Waals surface area (Å²) >= 11 is 1.48. The van der Waals surface area contributed by atoms with Gasteiger partial charge in [-0.3, -0.25) is 14.8 Å². The van der Waals surface area contributed by atoms with E-state index in [0.29, 0.717) is 10.8 Å². The quantitative estimate of drug-likeness (QED) is 0.806. The zero-order chi connectivity index (χ0) is 15.0. The van der Waals surface area contributed by atoms with Crippen molar-refractivity contribution in [1.29, 1.82) is 0 Å². The Balaban J connectivity index is 1.85. The smallest absolute Gasteiger partial charge is 0.277 e. The van der Waals surface area contributed by atoms with Gasteiger partial charge in [0.15, 0.2) is 10.8 Å². The zero-order valence-corrected chi connectivity index (χ0v) is 13.0. The molecule has 1 N–H and O–H groups in total. The molecule has 2 aromatic heterocycles. The summed E-state index contributed by atoms with van der Waals surface area (Å²) in [4.78, 5) is 16.6. The first-order chi connectivity index (χ1) is 10.1. The molecule has 0 saturated carbocycles. The molecule has 3 aromatic rings. The second-order valence-corrected chi connectivity index (χ2v) is 5.96. The van der Waals surface area contributed by atoms with E-state index in [0.717, 1.165) is 16.8 Å². The van der Waals surface area contributed by atoms with E-state index in [1.165, 1.54) is 22.5 Å². The van der Waals surface area contributed by atoms with Gasteiger partial charge in [0.2, 0.25) is 0 Å². The molecule has 5 nitrogen and oxygen atoms in total. The van der Waals surface area contributed by atoms with Crippen LogP contribution in [-0.2, 0) is 6.54 Å². The molecule has 108 valence electrons. The first-order valence-electron chi connectivity index (χ1n) is 6.79. The molecule has 0 fully saturated rings. The van der Waals surface area contributed by atoms with Gasteiger partial charge < -0.3 is 0 Å². The molecule has 0 radical (unpaired) electrons. The van der Waals surface area contributed by atoms with E-state index in [2.05, 4.69) is 35.3 Å². The van der Waals surface area contributed by atoms with Gasteiger partial charge in [-0.1, -0.05) is 11.3 Å². The third-order valence-electron chi connectivity index (χ3n) is 3.42. The Bertz CT molecular complexity index is 779. The number of hydrogen-bond donors (Lipinski definition) is 1. The topological polar surface area (TPSA) is 59.8 Å². The lowest BCUT2D eigenvalue weighted by Crippen LogP contribution is -2.13. The molecule has 0 bridgehead atoms. The van der Waals surface area contributed by atoms with Crippen molar-refractivity contribution < 1.29 is 4.79 Å². The van der Waals surface area contributed by atoms with Gasteiger partial charge in [0.1, 0.15) is 0 Å². The van der Waals surface area contributed by atoms with Crippen LogP contribution in [0.1, 0.15) is 28.5 Å². The van der Waals surface area contributed by atoms with Crippen LogP contribution in [0.25, 0.3) is 10.2 Å². The molecule has 1 amide bonds. The highest BCUT2D eigenvalue weighted by molar-refractivity contribution is 7.22. The monoisotopic (exact) mass is 300 g/mol. The third kappa shape index (κ3) is 2.67. The van der Waals surface area contributed by atoms with Gasteiger partial charge in [-0.25, -0.2) is 4.98 Å². The van der Waals surface area contributed by atoms with Crippen LogP contribution in [0.4, 0.5) is 5.13 Å². The number of nitrogens with zero attached hydrogens (tertiary/aromatic N) is 3. The Hall–Kier alpha value is -2.21. The minimum absolute atomic E-state index is 0.227. The van der Waals surface area contributed by atoms with Gasteiger partial charge in [-0.2, -0.15) is 5.10 Å². The van der Waals surface area contributed by atoms with Gasteiger partial charge in [0.25, 0.3) is 5.91 Å². The number of carbonyl (C=O) groups excluding carboxylic acids is 1. The van der Waals surface area contributed by atoms with E-state index in [1.807, 2.05) is 13.0 Å². The minimum atomic E-state index is -0.227. The number of aryl methyl sites for hydroxylation is 3. The maximum Gasteiger partial charge on any atom is 0.277 e. The van der Waals surface area contributed by atoms with Crippen LogP contribution in [0.3, 0.4) is 0 Å². The number of hydrogen-bond acceptors (Lipinski definition) is 4. The number of anilines is 1. The predicted octanol–water partition coefficient (Wildman–Crippen LogP) is 3.38. The van der Waals surface area contributed by atoms with Crippen molar-refractivity contribution in [3.05, 3.63) is 41.2 Å². The summed E-state index contributed by atoms with van der Waals surface area (Å²) in [6.07, 6.45) is 1.79. The van der Waals surface area contributed by atoms with Crippen molar-refractivity contribution in [1.82, 2.24) is 14.8 Å². The predicted molar refractivity (Wildman–Crippen MR) is 84.9 cm³/mol. The molecule has 0 unspecified atom stereocenters. The second kappa shape index (κ2) is 5.29. The van der Waals surface area contributed by atoms with Crippen LogP contribution in [0.15, 0.2) is 24.4 Å². The fourth-order valence-electron chi connectivity index (χ4n) is 2.05. The summed E-state index contributed by atoms with van der Waals surface area (Å²) < 4.78 is 2.80. The van der Waals surface area contributed by atoms with E-state index in [1.54, 1.807) is 16.9 Å². The minimum Gasteiger partial charge on any atom is -0.296 e. The highest BCUT2D eigenvalue weighted by atomic mass is 32.1. The molecule has 0 aliphatic carbocycles. The summed E-state index contributed by atoms with van der Waals surface area (Å²) in [5, 5.41) is 7.61. The Morgan fingerprint density at radius 2 is 2.10 bits per heavy atom. The van der Waals surface area contributed by atoms with Crippen molar-refractivity contribution in [3.63, 3.8) is 0 Å². The Labute approximate surface area is 126 Å². The van der Waals surface area contributed by atoms with Gasteiger partial charge in [-0.15, -0.1) is 0 Å². The molecule has 1 aromatic carbocycles. The van der Waals surface area contributed by atoms with Gasteiger partial charge >= 0.3 is 0 Å². The fourth-order valence-corrected chi connectivity index (χ4v) is 2.99. The van der Waals surface area contributed by atoms with Crippen molar-refractivity contribution in [2.24, 2.45) is 0 Å². The molecule has 3 rings (SSSR count). The lowest BCUT2D eigenvalue weighted by Gasteiger charge is -1.97. The maximum atomic E-state index is 12.1. The molecule has 21 heavy (non-hydrogen) atoms. The van der Waals surface area contributed by atoms with E-state index in [4.69, 9.17) is 0 Å². The standard InChI is InChI=1S/C15H16N4OS/c1-4-19-6-5-11(18-19)14(20)17-15-16-12-7-9(2)10(3)8-13(12)21-15/h5-8H,4H2,1-3H3,(H,16,17,20). The third-order valence-corrected chi connectivity index (χ3v) is 4.36. The van der Waals surface area contributed by atoms with Crippen LogP contribution in [0.2, 0.25) is 0 Å². The zero-order valence-electron chi connectivity index (χ0n) is 12.2. The van der Waals surface area contributed by atoms with Crippen molar-refractivity contribution in [2.75, 3.05) is 5.32 Å². The van der Waals surface area contributed by atoms with E-state index >= 15 is 0 Å². The Morgan fingerprint density at radius 1 is 1.33 bits per heavy atom. The van der Waals surface area contributed by atoms with Crippen LogP contribution in [0, 0.1) is 13.8 Å². The van der Waals surface area contributed by atoms with Gasteiger partial charge in [0.05, 0.1) is 10.2 Å². The average molecular weight is 300 g/mol. The molecular formula is C15H16N4OS. The average Bonchev–Trinajstić information content (AvgIpc) is 3.05. The number of amides is 1. The molecule has 6 heteroatoms. The molecular weight excluding hydrogens is 284 g/mol. The van der Waals surface area contributed by atoms with Crippen molar-refractivity contribution in [3.8, 4) is 0 Å². The number of rotatable bonds is 3. The lowest BCUT2D eigenvalue weighted by atomic mass is 10.1. The normalized spacial score (nSPS) is 11.0. The molecule has 0 spiro atoms. The van der Waals surface area contributed by atoms with Crippen LogP contribution < -0.4 is 5.32 Å². The largest absolute Gasteiger partial charge is 0.296 e. The summed E-state index contributed by atoms with van der Waals surface area (Å²) in [5.41, 5.74) is 3.75. The highest BCUT2D eigenvalue weighted by Gasteiger charge is 2.13. The lowest BCUT2D eigenvalue weighted by molar-refractivity contribution is 0.102. The molecule has 0 saturated heterocycles. The summed E-state index contributed by atoms with van der Waals surface area (Å²) in [5.74, 6) is -0.227. The molecule has 0 atom stereocenters. The van der Waals surface area contributed by atoms with Crippen molar-refractivity contribution in [2.45, 2.75) is 27.3 Å². The Morgan fingerprint density at radius 3 is 2.81 bits per heavy atom. The fraction of sp³-hybridized carbons (Fsp3) is 0.267. The van der Waals surface area contributed by atoms with Gasteiger partial charge in [-0.05, 0) is 50.1 Å². The first kappa shape index (κ1) is 13.8. The van der Waals surface area contributed by atoms with E-state index < -0.39 is 0 Å². The molecule has 0 aliphatic rings. The number of nitrogens with one attached hydrogen (secondary N) is 1. The SMILES string of the molecule is CCn1ccc(C(=O)Nc2nc3cc(C)c(C)cc3s2)n1. The summed E-state index contributed by atoms with van der Waals surface area (Å²) in [6, 6.07) is 5.85. The number of carbonyl (C=O) groups is 1. The molecule has 2 heterocycles. The van der Waals surface area contributed by atoms with E-state index in [9.17, 15) is 4.79 Å². The highest BCUT2D eigenvalue weighted by Crippen LogP contribution is 2.28. The van der Waals surface area contributed by atoms with Crippen LogP contribution in [0.5, 0.6) is 0 Å². The number of fused-ring (bicyclic) bond motifs is 1. The number of aromatic nitrogens is 3. The van der Waals surface area contributed by atoms with Crippen LogP contribution >= 0.6 is 11.3 Å². The summed E-state index contributed by atoms with van der Waals surface area (Å²) in [6.45, 7) is 6.85. The van der Waals surface area contributed by atoms with E-state index in [-0.39, 0.29) is 5.91 Å². The Kier molecular flexibility index (Phi) is 3.47. The second-order valence-electron chi connectivity index (χ2n) is 4.93. The maximum absolute atomic E-state index is 12.1. The summed E-state index contributed by atoms with van der Waals surface area (Å²) in [7, 11) is 0. The number of benzene rings is 1. The van der Waals surface area contributed by atoms with Crippen molar-refractivity contribution >= 4 is 32.6 Å². The first-order valence-corrected chi connectivity index (χ1v) is 7.61.